The van der Waals surface area contributed by atoms with Gasteiger partial charge in [-0.2, -0.15) is 0 Å². The van der Waals surface area contributed by atoms with Crippen LogP contribution in [-0.4, -0.2) is 29.3 Å². The number of piperidine rings is 2. The van der Waals surface area contributed by atoms with Crippen LogP contribution in [0.15, 0.2) is 0 Å². The minimum Gasteiger partial charge on any atom is -0.299 e. The van der Waals surface area contributed by atoms with Crippen LogP contribution < -0.4 is 0 Å². The fraction of sp³-hybridized carbons (Fsp3) is 0.938. The number of ketones is 1. The minimum absolute atomic E-state index is 0.314. The molecule has 4 fully saturated rings. The highest BCUT2D eigenvalue weighted by Crippen LogP contribution is 2.59. The summed E-state index contributed by atoms with van der Waals surface area (Å²) in [5.41, 5.74) is 0.314. The van der Waals surface area contributed by atoms with Crippen LogP contribution in [0.4, 0.5) is 0 Å². The molecule has 2 bridgehead atoms. The molecular weight excluding hydrogens is 222 g/mol. The lowest BCUT2D eigenvalue weighted by Gasteiger charge is -2.65. The molecule has 0 aromatic heterocycles. The predicted molar refractivity (Wildman–Crippen MR) is 71.3 cm³/mol. The highest BCUT2D eigenvalue weighted by atomic mass is 16.1. The van der Waals surface area contributed by atoms with Gasteiger partial charge in [0.2, 0.25) is 0 Å². The topological polar surface area (TPSA) is 20.3 Å². The Morgan fingerprint density at radius 3 is 2.83 bits per heavy atom. The van der Waals surface area contributed by atoms with Gasteiger partial charge < -0.3 is 0 Å². The molecular formula is C16H25NO. The van der Waals surface area contributed by atoms with Crippen molar-refractivity contribution in [3.63, 3.8) is 0 Å². The predicted octanol–water partition coefficient (Wildman–Crippen LogP) is 2.87. The molecule has 0 aromatic carbocycles. The molecule has 2 aliphatic carbocycles. The van der Waals surface area contributed by atoms with Crippen LogP contribution in [-0.2, 0) is 4.79 Å². The molecule has 4 rings (SSSR count). The lowest BCUT2D eigenvalue weighted by molar-refractivity contribution is -0.172. The van der Waals surface area contributed by atoms with Gasteiger partial charge >= 0.3 is 0 Å². The van der Waals surface area contributed by atoms with Crippen molar-refractivity contribution in [2.24, 2.45) is 23.7 Å². The van der Waals surface area contributed by atoms with Crippen LogP contribution in [0.2, 0.25) is 0 Å². The molecule has 4 aliphatic rings. The van der Waals surface area contributed by atoms with Crippen molar-refractivity contribution < 1.29 is 4.79 Å². The van der Waals surface area contributed by atoms with E-state index in [1.165, 1.54) is 51.6 Å². The van der Waals surface area contributed by atoms with Crippen molar-refractivity contribution in [1.29, 1.82) is 0 Å². The summed E-state index contributed by atoms with van der Waals surface area (Å²) in [5.74, 6) is 3.43. The van der Waals surface area contributed by atoms with Crippen LogP contribution in [0, 0.1) is 23.7 Å². The summed E-state index contributed by atoms with van der Waals surface area (Å²) in [7, 11) is 0. The molecule has 5 atom stereocenters. The highest BCUT2D eigenvalue weighted by molar-refractivity contribution is 5.84. The van der Waals surface area contributed by atoms with E-state index in [-0.39, 0.29) is 0 Å². The summed E-state index contributed by atoms with van der Waals surface area (Å²) in [4.78, 5) is 15.3. The molecule has 2 aliphatic heterocycles. The number of rotatable bonds is 0. The van der Waals surface area contributed by atoms with Crippen molar-refractivity contribution in [1.82, 2.24) is 4.90 Å². The molecule has 0 N–H and O–H groups in total. The molecule has 2 saturated heterocycles. The third kappa shape index (κ3) is 1.31. The Balaban J connectivity index is 1.82. The first-order chi connectivity index (χ1) is 8.72. The normalized spacial score (nSPS) is 51.9. The van der Waals surface area contributed by atoms with E-state index in [0.717, 1.165) is 24.2 Å². The second-order valence-electron chi connectivity index (χ2n) is 7.40. The summed E-state index contributed by atoms with van der Waals surface area (Å²) < 4.78 is 0. The fourth-order valence-electron chi connectivity index (χ4n) is 6.18. The maximum Gasteiger partial charge on any atom is 0.138 e. The Labute approximate surface area is 110 Å². The van der Waals surface area contributed by atoms with E-state index in [9.17, 15) is 4.79 Å². The van der Waals surface area contributed by atoms with Gasteiger partial charge in [0, 0.05) is 17.9 Å². The zero-order valence-corrected chi connectivity index (χ0v) is 11.5. The summed E-state index contributed by atoms with van der Waals surface area (Å²) in [5, 5.41) is 0. The second kappa shape index (κ2) is 3.82. The number of hydrogen-bond acceptors (Lipinski definition) is 2. The number of nitrogens with zero attached hydrogens (tertiary/aromatic N) is 1. The molecule has 0 amide bonds. The van der Waals surface area contributed by atoms with Gasteiger partial charge in [0.05, 0.1) is 0 Å². The van der Waals surface area contributed by atoms with Gasteiger partial charge in [-0.15, -0.1) is 0 Å². The molecule has 1 spiro atoms. The summed E-state index contributed by atoms with van der Waals surface area (Å²) in [6.45, 7) is 4.95. The third-order valence-electron chi connectivity index (χ3n) is 6.50. The van der Waals surface area contributed by atoms with E-state index < -0.39 is 0 Å². The van der Waals surface area contributed by atoms with E-state index in [4.69, 9.17) is 0 Å². The lowest BCUT2D eigenvalue weighted by atomic mass is 9.48. The number of Topliss-reactive ketones (excluding diaryl/α,β-unsaturated/α-hetero) is 1. The van der Waals surface area contributed by atoms with Crippen LogP contribution >= 0.6 is 0 Å². The van der Waals surface area contributed by atoms with Crippen molar-refractivity contribution in [3.05, 3.63) is 0 Å². The molecule has 1 unspecified atom stereocenters. The van der Waals surface area contributed by atoms with Crippen LogP contribution in [0.1, 0.15) is 51.9 Å². The van der Waals surface area contributed by atoms with Gasteiger partial charge in [-0.1, -0.05) is 6.92 Å². The van der Waals surface area contributed by atoms with Gasteiger partial charge in [-0.05, 0) is 69.4 Å². The molecule has 0 aromatic rings. The molecule has 2 heterocycles. The average Bonchev–Trinajstić information content (AvgIpc) is 2.33. The Hall–Kier alpha value is -0.370. The molecule has 18 heavy (non-hydrogen) atoms. The largest absolute Gasteiger partial charge is 0.299 e. The zero-order valence-electron chi connectivity index (χ0n) is 11.5. The van der Waals surface area contributed by atoms with E-state index in [1.54, 1.807) is 0 Å². The van der Waals surface area contributed by atoms with Gasteiger partial charge in [0.25, 0.3) is 0 Å². The highest BCUT2D eigenvalue weighted by Gasteiger charge is 2.62. The van der Waals surface area contributed by atoms with Crippen molar-refractivity contribution in [2.75, 3.05) is 13.1 Å². The number of hydrogen-bond donors (Lipinski definition) is 0. The molecule has 0 radical (unpaired) electrons. The van der Waals surface area contributed by atoms with Crippen LogP contribution in [0.5, 0.6) is 0 Å². The van der Waals surface area contributed by atoms with E-state index in [0.29, 0.717) is 17.2 Å². The minimum atomic E-state index is 0.314. The summed E-state index contributed by atoms with van der Waals surface area (Å²) in [6, 6.07) is 0. The Morgan fingerprint density at radius 2 is 2.00 bits per heavy atom. The molecule has 2 heteroatoms. The van der Waals surface area contributed by atoms with Crippen LogP contribution in [0.25, 0.3) is 0 Å². The second-order valence-corrected chi connectivity index (χ2v) is 7.40. The molecule has 2 saturated carbocycles. The van der Waals surface area contributed by atoms with Gasteiger partial charge in [-0.25, -0.2) is 0 Å². The first-order valence-corrected chi connectivity index (χ1v) is 7.99. The third-order valence-corrected chi connectivity index (χ3v) is 6.50. The lowest BCUT2D eigenvalue weighted by Crippen LogP contribution is -2.71. The van der Waals surface area contributed by atoms with E-state index >= 15 is 0 Å². The smallest absolute Gasteiger partial charge is 0.138 e. The van der Waals surface area contributed by atoms with Crippen LogP contribution in [0.3, 0.4) is 0 Å². The van der Waals surface area contributed by atoms with Crippen molar-refractivity contribution in [3.8, 4) is 0 Å². The standard InChI is InChI=1S/C16H25NO/c1-11-8-12-9-15(18)14-5-3-7-17-6-2-4-13(12)16(14,17)10-11/h11-14H,2-10H2,1H3/t11-,12+,13?,14-,16-/m1/s1. The van der Waals surface area contributed by atoms with E-state index in [2.05, 4.69) is 11.8 Å². The monoisotopic (exact) mass is 247 g/mol. The maximum absolute atomic E-state index is 12.5. The first kappa shape index (κ1) is 11.5. The van der Waals surface area contributed by atoms with E-state index in [1.807, 2.05) is 0 Å². The molecule has 100 valence electrons. The summed E-state index contributed by atoms with van der Waals surface area (Å²) >= 11 is 0. The van der Waals surface area contributed by atoms with Gasteiger partial charge in [0.1, 0.15) is 5.78 Å². The van der Waals surface area contributed by atoms with Crippen molar-refractivity contribution in [2.45, 2.75) is 57.4 Å². The Bertz CT molecular complexity index is 377. The Kier molecular flexibility index (Phi) is 2.43. The average molecular weight is 247 g/mol. The fourth-order valence-corrected chi connectivity index (χ4v) is 6.18. The quantitative estimate of drug-likeness (QED) is 0.656. The zero-order chi connectivity index (χ0) is 12.3. The Morgan fingerprint density at radius 1 is 1.22 bits per heavy atom. The number of carbonyl (C=O) groups is 1. The van der Waals surface area contributed by atoms with Crippen molar-refractivity contribution >= 4 is 5.78 Å². The maximum atomic E-state index is 12.5. The molecule has 2 nitrogen and oxygen atoms in total. The SMILES string of the molecule is C[C@@H]1C[C@H]2CC(=O)[C@H]3CCCN4CCCC2[C@]34C1. The first-order valence-electron chi connectivity index (χ1n) is 7.99. The number of carbonyl (C=O) groups excluding carboxylic acids is 1. The summed E-state index contributed by atoms with van der Waals surface area (Å²) in [6.07, 6.45) is 8.75. The van der Waals surface area contributed by atoms with Gasteiger partial charge in [-0.3, -0.25) is 9.69 Å². The van der Waals surface area contributed by atoms with Gasteiger partial charge in [0.15, 0.2) is 0 Å².